The zero-order chi connectivity index (χ0) is 17.8. The second kappa shape index (κ2) is 7.47. The molecule has 0 saturated carbocycles. The maximum absolute atomic E-state index is 10.7. The highest BCUT2D eigenvalue weighted by Gasteiger charge is 2.22. The quantitative estimate of drug-likeness (QED) is 0.834. The summed E-state index contributed by atoms with van der Waals surface area (Å²) in [4.78, 5) is 18.7. The molecule has 0 aliphatic carbocycles. The minimum Gasteiger partial charge on any atom is -0.484 e. The third-order valence-corrected chi connectivity index (χ3v) is 5.06. The van der Waals surface area contributed by atoms with Gasteiger partial charge in [0.15, 0.2) is 6.61 Å². The van der Waals surface area contributed by atoms with Crippen LogP contribution in [0.2, 0.25) is 0 Å². The molecule has 1 aliphatic heterocycles. The molecule has 2 aromatic rings. The Morgan fingerprint density at radius 1 is 1.48 bits per heavy atom. The van der Waals surface area contributed by atoms with Crippen LogP contribution in [0, 0.1) is 11.3 Å². The molecule has 6 nitrogen and oxygen atoms in total. The molecule has 0 atom stereocenters. The summed E-state index contributed by atoms with van der Waals surface area (Å²) in [5.41, 5.74) is 7.78. The minimum absolute atomic E-state index is 0.145. The Morgan fingerprint density at radius 3 is 2.92 bits per heavy atom. The molecule has 0 bridgehead atoms. The van der Waals surface area contributed by atoms with Gasteiger partial charge in [-0.3, -0.25) is 4.79 Å². The maximum Gasteiger partial charge on any atom is 0.255 e. The zero-order valence-corrected chi connectivity index (χ0v) is 14.7. The summed E-state index contributed by atoms with van der Waals surface area (Å²) in [6.07, 6.45) is 2.63. The third kappa shape index (κ3) is 4.05. The molecule has 1 aliphatic rings. The van der Waals surface area contributed by atoms with Crippen molar-refractivity contribution in [2.24, 2.45) is 10.7 Å². The van der Waals surface area contributed by atoms with E-state index in [4.69, 9.17) is 10.5 Å². The molecule has 2 heterocycles. The van der Waals surface area contributed by atoms with Crippen LogP contribution in [0.3, 0.4) is 0 Å². The number of primary amides is 1. The molecule has 7 heteroatoms. The number of aliphatic imine (C=N–C) groups is 1. The summed E-state index contributed by atoms with van der Waals surface area (Å²) in [7, 11) is 2.08. The van der Waals surface area contributed by atoms with Crippen LogP contribution in [0.25, 0.3) is 0 Å². The predicted octanol–water partition coefficient (Wildman–Crippen LogP) is 2.22. The first kappa shape index (κ1) is 17.1. The molecule has 2 N–H and O–H groups in total. The van der Waals surface area contributed by atoms with Crippen molar-refractivity contribution in [3.63, 3.8) is 0 Å². The first-order chi connectivity index (χ1) is 12.1. The fourth-order valence-corrected chi connectivity index (χ4v) is 3.88. The zero-order valence-electron chi connectivity index (χ0n) is 13.9. The lowest BCUT2D eigenvalue weighted by Crippen LogP contribution is -2.25. The Hall–Kier alpha value is -2.69. The molecule has 0 radical (unpaired) electrons. The highest BCUT2D eigenvalue weighted by atomic mass is 32.1. The fraction of sp³-hybridized carbons (Fsp3) is 0.278. The fourth-order valence-electron chi connectivity index (χ4n) is 2.66. The van der Waals surface area contributed by atoms with Crippen molar-refractivity contribution in [1.29, 1.82) is 5.26 Å². The summed E-state index contributed by atoms with van der Waals surface area (Å²) in [5, 5.41) is 10.2. The molecule has 25 heavy (non-hydrogen) atoms. The van der Waals surface area contributed by atoms with Gasteiger partial charge in [-0.1, -0.05) is 0 Å². The van der Waals surface area contributed by atoms with Gasteiger partial charge >= 0.3 is 0 Å². The molecule has 128 valence electrons. The van der Waals surface area contributed by atoms with Crippen LogP contribution in [-0.4, -0.2) is 37.2 Å². The summed E-state index contributed by atoms with van der Waals surface area (Å²) in [6, 6.07) is 9.49. The van der Waals surface area contributed by atoms with Crippen LogP contribution in [0.5, 0.6) is 5.75 Å². The Morgan fingerprint density at radius 2 is 2.24 bits per heavy atom. The Labute approximate surface area is 150 Å². The lowest BCUT2D eigenvalue weighted by atomic mass is 10.0. The minimum atomic E-state index is -0.512. The number of thiophene rings is 1. The second-order valence-electron chi connectivity index (χ2n) is 5.87. The van der Waals surface area contributed by atoms with Crippen molar-refractivity contribution in [1.82, 2.24) is 4.90 Å². The molecule has 3 rings (SSSR count). The highest BCUT2D eigenvalue weighted by Crippen LogP contribution is 2.38. The van der Waals surface area contributed by atoms with E-state index in [2.05, 4.69) is 23.0 Å². The van der Waals surface area contributed by atoms with Gasteiger partial charge in [-0.25, -0.2) is 4.99 Å². The van der Waals surface area contributed by atoms with E-state index < -0.39 is 5.91 Å². The lowest BCUT2D eigenvalue weighted by molar-refractivity contribution is -0.119. The van der Waals surface area contributed by atoms with Crippen LogP contribution < -0.4 is 10.5 Å². The molecule has 0 unspecified atom stereocenters. The normalized spacial score (nSPS) is 14.2. The van der Waals surface area contributed by atoms with Crippen molar-refractivity contribution in [3.05, 3.63) is 45.8 Å². The van der Waals surface area contributed by atoms with E-state index in [1.54, 1.807) is 29.7 Å². The Bertz CT molecular complexity index is 849. The molecule has 1 amide bonds. The largest absolute Gasteiger partial charge is 0.484 e. The van der Waals surface area contributed by atoms with Gasteiger partial charge in [0.05, 0.1) is 5.56 Å². The van der Waals surface area contributed by atoms with Gasteiger partial charge in [0.2, 0.25) is 0 Å². The molecule has 0 spiro atoms. The van der Waals surface area contributed by atoms with E-state index in [1.807, 2.05) is 12.1 Å². The Balaban J connectivity index is 1.76. The number of nitriles is 1. The van der Waals surface area contributed by atoms with E-state index in [-0.39, 0.29) is 6.61 Å². The van der Waals surface area contributed by atoms with Gasteiger partial charge in [-0.15, -0.1) is 11.3 Å². The Kier molecular flexibility index (Phi) is 5.12. The smallest absolute Gasteiger partial charge is 0.255 e. The molecule has 1 aromatic heterocycles. The first-order valence-electron chi connectivity index (χ1n) is 7.85. The average Bonchev–Trinajstić information content (AvgIpc) is 2.95. The van der Waals surface area contributed by atoms with Gasteiger partial charge in [0.1, 0.15) is 16.8 Å². The summed E-state index contributed by atoms with van der Waals surface area (Å²) < 4.78 is 5.22. The second-order valence-corrected chi connectivity index (χ2v) is 6.95. The maximum atomic E-state index is 10.7. The summed E-state index contributed by atoms with van der Waals surface area (Å²) in [6.45, 7) is 1.69. The molecule has 1 aromatic carbocycles. The van der Waals surface area contributed by atoms with Gasteiger partial charge in [0, 0.05) is 24.2 Å². The number of nitrogens with two attached hydrogens (primary N) is 1. The lowest BCUT2D eigenvalue weighted by Gasteiger charge is -2.21. The number of benzene rings is 1. The van der Waals surface area contributed by atoms with Crippen LogP contribution in [0.15, 0.2) is 29.3 Å². The van der Waals surface area contributed by atoms with Crippen molar-refractivity contribution < 1.29 is 9.53 Å². The third-order valence-electron chi connectivity index (χ3n) is 3.93. The van der Waals surface area contributed by atoms with Crippen LogP contribution in [0.1, 0.15) is 21.6 Å². The van der Waals surface area contributed by atoms with Crippen molar-refractivity contribution in [3.8, 4) is 11.8 Å². The number of hydrogen-bond donors (Lipinski definition) is 1. The monoisotopic (exact) mass is 354 g/mol. The molecule has 0 fully saturated rings. The summed E-state index contributed by atoms with van der Waals surface area (Å²) >= 11 is 1.59. The predicted molar refractivity (Wildman–Crippen MR) is 97.5 cm³/mol. The van der Waals surface area contributed by atoms with E-state index in [0.29, 0.717) is 11.3 Å². The topological polar surface area (TPSA) is 91.7 Å². The number of likely N-dealkylation sites (N-methyl/N-ethyl adjacent to an activating group) is 1. The number of fused-ring (bicyclic) bond motifs is 1. The van der Waals surface area contributed by atoms with Gasteiger partial charge in [-0.05, 0) is 48.9 Å². The number of carbonyl (C=O) groups excluding carboxylic acids is 1. The van der Waals surface area contributed by atoms with Crippen LogP contribution >= 0.6 is 11.3 Å². The van der Waals surface area contributed by atoms with Crippen LogP contribution in [0.4, 0.5) is 5.00 Å². The van der Waals surface area contributed by atoms with Gasteiger partial charge in [0.25, 0.3) is 5.91 Å². The molecular weight excluding hydrogens is 336 g/mol. The highest BCUT2D eigenvalue weighted by molar-refractivity contribution is 7.16. The van der Waals surface area contributed by atoms with E-state index in [1.165, 1.54) is 4.88 Å². The van der Waals surface area contributed by atoms with Gasteiger partial charge in [-0.2, -0.15) is 5.26 Å². The number of amides is 1. The van der Waals surface area contributed by atoms with Crippen molar-refractivity contribution >= 4 is 28.5 Å². The van der Waals surface area contributed by atoms with Crippen molar-refractivity contribution in [2.75, 3.05) is 20.2 Å². The standard InChI is InChI=1S/C18H18N4O2S/c1-22-7-6-14-15(8-19)18(25-16(14)10-22)21-9-12-2-4-13(5-3-12)24-11-17(20)23/h2-5,9H,6-7,10-11H2,1H3,(H2,20,23)/b21-9+. The first-order valence-corrected chi connectivity index (χ1v) is 8.67. The SMILES string of the molecule is CN1CCc2c(sc(/N=C/c3ccc(OCC(N)=O)cc3)c2C#N)C1. The molecule has 0 saturated heterocycles. The number of carbonyl (C=O) groups is 1. The van der Waals surface area contributed by atoms with Crippen molar-refractivity contribution in [2.45, 2.75) is 13.0 Å². The van der Waals surface area contributed by atoms with E-state index >= 15 is 0 Å². The number of ether oxygens (including phenoxy) is 1. The van der Waals surface area contributed by atoms with E-state index in [9.17, 15) is 10.1 Å². The number of rotatable bonds is 5. The average molecular weight is 354 g/mol. The van der Waals surface area contributed by atoms with E-state index in [0.717, 1.165) is 35.6 Å². The number of hydrogen-bond acceptors (Lipinski definition) is 6. The van der Waals surface area contributed by atoms with Crippen LogP contribution in [-0.2, 0) is 17.8 Å². The molecular formula is C18H18N4O2S. The summed E-state index contributed by atoms with van der Waals surface area (Å²) in [5.74, 6) is 0.0604. The number of nitrogens with zero attached hydrogens (tertiary/aromatic N) is 3. The van der Waals surface area contributed by atoms with Gasteiger partial charge < -0.3 is 15.4 Å².